The minimum Gasteiger partial charge on any atom is -0.497 e. The Morgan fingerprint density at radius 1 is 1.11 bits per heavy atom. The van der Waals surface area contributed by atoms with Crippen molar-refractivity contribution in [1.82, 2.24) is 0 Å². The fourth-order valence-corrected chi connectivity index (χ4v) is 3.03. The normalized spacial score (nSPS) is 18.3. The van der Waals surface area contributed by atoms with E-state index in [4.69, 9.17) is 9.47 Å². The van der Waals surface area contributed by atoms with Crippen LogP contribution in [0.4, 0.5) is 0 Å². The maximum atomic E-state index is 11.3. The van der Waals surface area contributed by atoms with Crippen LogP contribution in [0.1, 0.15) is 50.3 Å². The highest BCUT2D eigenvalue weighted by atomic mass is 16.6. The molecule has 1 fully saturated rings. The Morgan fingerprint density at radius 2 is 1.78 bits per heavy atom. The lowest BCUT2D eigenvalue weighted by Crippen LogP contribution is -2.15. The van der Waals surface area contributed by atoms with Crippen LogP contribution in [-0.4, -0.2) is 18.9 Å². The molecule has 2 aromatic carbocycles. The van der Waals surface area contributed by atoms with Gasteiger partial charge in [0, 0.05) is 0 Å². The van der Waals surface area contributed by atoms with E-state index in [0.717, 1.165) is 11.3 Å². The Kier molecular flexibility index (Phi) is 8.05. The lowest BCUT2D eigenvalue weighted by Gasteiger charge is -2.14. The van der Waals surface area contributed by atoms with E-state index < -0.39 is 6.10 Å². The number of rotatable bonds is 6. The van der Waals surface area contributed by atoms with Crippen LogP contribution >= 0.6 is 0 Å². The van der Waals surface area contributed by atoms with E-state index in [1.165, 1.54) is 31.7 Å². The van der Waals surface area contributed by atoms with Crippen LogP contribution < -0.4 is 4.74 Å². The largest absolute Gasteiger partial charge is 0.497 e. The summed E-state index contributed by atoms with van der Waals surface area (Å²) in [5.41, 5.74) is 2.29. The lowest BCUT2D eigenvalue weighted by molar-refractivity contribution is -0.141. The van der Waals surface area contributed by atoms with E-state index in [1.54, 1.807) is 7.11 Å². The SMILES string of the molecule is CC(=O)[C@H]1CC(=O)OC1c1ccccc1.CCCCc1ccc(OC)cc1. The Morgan fingerprint density at radius 3 is 2.33 bits per heavy atom. The first-order valence-corrected chi connectivity index (χ1v) is 9.43. The van der Waals surface area contributed by atoms with Crippen LogP contribution in [0.2, 0.25) is 0 Å². The molecule has 3 rings (SSSR count). The van der Waals surface area contributed by atoms with Gasteiger partial charge in [0.05, 0.1) is 19.4 Å². The van der Waals surface area contributed by atoms with Crippen LogP contribution in [-0.2, 0) is 20.7 Å². The molecule has 144 valence electrons. The molecule has 0 N–H and O–H groups in total. The molecule has 1 aliphatic rings. The second-order valence-electron chi connectivity index (χ2n) is 6.69. The van der Waals surface area contributed by atoms with Crippen molar-refractivity contribution >= 4 is 11.8 Å². The summed E-state index contributed by atoms with van der Waals surface area (Å²) in [4.78, 5) is 22.5. The summed E-state index contributed by atoms with van der Waals surface area (Å²) in [5.74, 6) is 0.342. The first-order valence-electron chi connectivity index (χ1n) is 9.43. The third-order valence-corrected chi connectivity index (χ3v) is 4.64. The minimum atomic E-state index is -0.392. The third-order valence-electron chi connectivity index (χ3n) is 4.64. The van der Waals surface area contributed by atoms with Gasteiger partial charge in [-0.15, -0.1) is 0 Å². The van der Waals surface area contributed by atoms with Crippen LogP contribution in [0.3, 0.4) is 0 Å². The Bertz CT molecular complexity index is 722. The molecule has 0 saturated carbocycles. The molecule has 1 unspecified atom stereocenters. The summed E-state index contributed by atoms with van der Waals surface area (Å²) in [6.45, 7) is 3.71. The molecule has 1 aliphatic heterocycles. The van der Waals surface area contributed by atoms with Crippen molar-refractivity contribution in [2.75, 3.05) is 7.11 Å². The second kappa shape index (κ2) is 10.5. The first kappa shape index (κ1) is 20.7. The van der Waals surface area contributed by atoms with Crippen LogP contribution in [0, 0.1) is 5.92 Å². The number of hydrogen-bond acceptors (Lipinski definition) is 4. The molecule has 0 amide bonds. The predicted molar refractivity (Wildman–Crippen MR) is 106 cm³/mol. The summed E-state index contributed by atoms with van der Waals surface area (Å²) in [6.07, 6.45) is 3.52. The van der Waals surface area contributed by atoms with E-state index in [2.05, 4.69) is 19.1 Å². The van der Waals surface area contributed by atoms with Crippen molar-refractivity contribution in [3.8, 4) is 5.75 Å². The van der Waals surface area contributed by atoms with Crippen LogP contribution in [0.15, 0.2) is 54.6 Å². The Labute approximate surface area is 161 Å². The quantitative estimate of drug-likeness (QED) is 0.679. The van der Waals surface area contributed by atoms with E-state index in [1.807, 2.05) is 42.5 Å². The monoisotopic (exact) mass is 368 g/mol. The fourth-order valence-electron chi connectivity index (χ4n) is 3.03. The number of cyclic esters (lactones) is 1. The van der Waals surface area contributed by atoms with Gasteiger partial charge in [-0.25, -0.2) is 0 Å². The summed E-state index contributed by atoms with van der Waals surface area (Å²) in [6, 6.07) is 17.7. The standard InChI is InChI=1S/C12H12O3.C11H16O/c1-8(13)10-7-11(14)15-12(10)9-5-3-2-4-6-9;1-3-4-5-10-6-8-11(12-2)9-7-10/h2-6,10,12H,7H2,1H3;6-9H,3-5H2,1-2H3/t10-,12?;/m1./s1. The van der Waals surface area contributed by atoms with Gasteiger partial charge in [-0.05, 0) is 43.0 Å². The molecule has 2 atom stereocenters. The van der Waals surface area contributed by atoms with Crippen molar-refractivity contribution in [1.29, 1.82) is 0 Å². The number of hydrogen-bond donors (Lipinski definition) is 0. The van der Waals surface area contributed by atoms with Gasteiger partial charge < -0.3 is 9.47 Å². The second-order valence-corrected chi connectivity index (χ2v) is 6.69. The Balaban J connectivity index is 0.000000199. The van der Waals surface area contributed by atoms with Gasteiger partial charge >= 0.3 is 5.97 Å². The number of ether oxygens (including phenoxy) is 2. The highest BCUT2D eigenvalue weighted by Gasteiger charge is 2.38. The van der Waals surface area contributed by atoms with Gasteiger partial charge in [-0.2, -0.15) is 0 Å². The molecule has 0 aliphatic carbocycles. The first-order chi connectivity index (χ1) is 13.0. The smallest absolute Gasteiger partial charge is 0.307 e. The predicted octanol–water partition coefficient (Wildman–Crippen LogP) is 4.92. The van der Waals surface area contributed by atoms with E-state index in [-0.39, 0.29) is 24.1 Å². The maximum Gasteiger partial charge on any atom is 0.307 e. The minimum absolute atomic E-state index is 0.00898. The van der Waals surface area contributed by atoms with Crippen molar-refractivity contribution in [3.63, 3.8) is 0 Å². The van der Waals surface area contributed by atoms with Gasteiger partial charge in [0.2, 0.25) is 0 Å². The van der Waals surface area contributed by atoms with E-state index in [0.29, 0.717) is 0 Å². The molecule has 4 nitrogen and oxygen atoms in total. The van der Waals surface area contributed by atoms with Crippen LogP contribution in [0.25, 0.3) is 0 Å². The zero-order chi connectivity index (χ0) is 19.6. The van der Waals surface area contributed by atoms with Crippen molar-refractivity contribution in [2.24, 2.45) is 5.92 Å². The molecule has 0 radical (unpaired) electrons. The van der Waals surface area contributed by atoms with Crippen LogP contribution in [0.5, 0.6) is 5.75 Å². The summed E-state index contributed by atoms with van der Waals surface area (Å²) >= 11 is 0. The molecule has 1 heterocycles. The van der Waals surface area contributed by atoms with Crippen molar-refractivity contribution in [3.05, 3.63) is 65.7 Å². The number of Topliss-reactive ketones (excluding diaryl/α,β-unsaturated/α-hetero) is 1. The number of methoxy groups -OCH3 is 1. The average molecular weight is 368 g/mol. The van der Waals surface area contributed by atoms with E-state index >= 15 is 0 Å². The highest BCUT2D eigenvalue weighted by Crippen LogP contribution is 2.35. The number of unbranched alkanes of at least 4 members (excludes halogenated alkanes) is 1. The number of ketones is 1. The lowest BCUT2D eigenvalue weighted by atomic mass is 9.92. The number of carbonyl (C=O) groups is 2. The highest BCUT2D eigenvalue weighted by molar-refractivity contribution is 5.86. The molecule has 27 heavy (non-hydrogen) atoms. The van der Waals surface area contributed by atoms with Gasteiger partial charge in [-0.3, -0.25) is 9.59 Å². The Hall–Kier alpha value is -2.62. The molecule has 0 spiro atoms. The van der Waals surface area contributed by atoms with E-state index in [9.17, 15) is 9.59 Å². The van der Waals surface area contributed by atoms with Gasteiger partial charge in [-0.1, -0.05) is 55.8 Å². The number of carbonyl (C=O) groups excluding carboxylic acids is 2. The molecule has 4 heteroatoms. The average Bonchev–Trinajstić information content (AvgIpc) is 3.10. The molecule has 1 saturated heterocycles. The van der Waals surface area contributed by atoms with Crippen molar-refractivity contribution in [2.45, 2.75) is 45.6 Å². The summed E-state index contributed by atoms with van der Waals surface area (Å²) < 4.78 is 10.2. The molecule has 2 aromatic rings. The number of benzene rings is 2. The van der Waals surface area contributed by atoms with Crippen molar-refractivity contribution < 1.29 is 19.1 Å². The summed E-state index contributed by atoms with van der Waals surface area (Å²) in [5, 5.41) is 0. The maximum absolute atomic E-state index is 11.3. The number of aryl methyl sites for hydroxylation is 1. The van der Waals surface area contributed by atoms with Gasteiger partial charge in [0.25, 0.3) is 0 Å². The zero-order valence-corrected chi connectivity index (χ0v) is 16.3. The topological polar surface area (TPSA) is 52.6 Å². The third kappa shape index (κ3) is 6.24. The fraction of sp³-hybridized carbons (Fsp3) is 0.391. The molecule has 0 bridgehead atoms. The summed E-state index contributed by atoms with van der Waals surface area (Å²) in [7, 11) is 1.70. The van der Waals surface area contributed by atoms with Gasteiger partial charge in [0.15, 0.2) is 0 Å². The molecular weight excluding hydrogens is 340 g/mol. The number of esters is 1. The zero-order valence-electron chi connectivity index (χ0n) is 16.3. The molecule has 0 aromatic heterocycles. The van der Waals surface area contributed by atoms with Gasteiger partial charge in [0.1, 0.15) is 17.6 Å². The molecular formula is C23H28O4.